The van der Waals surface area contributed by atoms with Crippen LogP contribution in [0.25, 0.3) is 11.1 Å². The van der Waals surface area contributed by atoms with E-state index in [1.165, 1.54) is 6.07 Å². The highest BCUT2D eigenvalue weighted by Crippen LogP contribution is 2.31. The van der Waals surface area contributed by atoms with Crippen molar-refractivity contribution >= 4 is 5.82 Å². The molecule has 1 aromatic heterocycles. The molecule has 23 heavy (non-hydrogen) atoms. The molecule has 2 heterocycles. The number of methoxy groups -OCH3 is 1. The minimum absolute atomic E-state index is 0.298. The highest BCUT2D eigenvalue weighted by atomic mass is 19.1. The molecule has 1 fully saturated rings. The first kappa shape index (κ1) is 15.7. The number of ether oxygens (including phenoxy) is 1. The van der Waals surface area contributed by atoms with Gasteiger partial charge in [-0.2, -0.15) is 0 Å². The number of nitrogens with zero attached hydrogens (tertiary/aromatic N) is 2. The molecular weight excluding hydrogens is 298 g/mol. The number of rotatable bonds is 3. The second-order valence-electron chi connectivity index (χ2n) is 6.16. The molecule has 0 saturated carbocycles. The number of anilines is 1. The van der Waals surface area contributed by atoms with Gasteiger partial charge in [-0.3, -0.25) is 0 Å². The highest BCUT2D eigenvalue weighted by Gasteiger charge is 2.30. The number of aromatic nitrogens is 1. The predicted molar refractivity (Wildman–Crippen MR) is 87.1 cm³/mol. The van der Waals surface area contributed by atoms with E-state index in [9.17, 15) is 8.78 Å². The van der Waals surface area contributed by atoms with Gasteiger partial charge in [-0.1, -0.05) is 12.1 Å². The van der Waals surface area contributed by atoms with E-state index in [0.717, 1.165) is 5.56 Å². The number of pyridine rings is 1. The predicted octanol–water partition coefficient (Wildman–Crippen LogP) is 4.22. The standard InChI is InChI=1S/C18H20F2N2O/c1-18(20)6-8-22(9-7-18)17-16(19)11-14(12-21-17)13-4-3-5-15(10-13)23-2/h3-5,10-12H,6-9H2,1-2H3. The van der Waals surface area contributed by atoms with Gasteiger partial charge in [-0.25, -0.2) is 13.8 Å². The van der Waals surface area contributed by atoms with Gasteiger partial charge >= 0.3 is 0 Å². The maximum Gasteiger partial charge on any atom is 0.166 e. The Morgan fingerprint density at radius 1 is 1.17 bits per heavy atom. The summed E-state index contributed by atoms with van der Waals surface area (Å²) in [5.41, 5.74) is 0.378. The summed E-state index contributed by atoms with van der Waals surface area (Å²) in [5.74, 6) is 0.630. The summed E-state index contributed by atoms with van der Waals surface area (Å²) < 4.78 is 33.5. The maximum atomic E-state index is 14.5. The van der Waals surface area contributed by atoms with Crippen LogP contribution >= 0.6 is 0 Å². The summed E-state index contributed by atoms with van der Waals surface area (Å²) in [5, 5.41) is 0. The Kier molecular flexibility index (Phi) is 4.20. The van der Waals surface area contributed by atoms with Crippen molar-refractivity contribution in [1.29, 1.82) is 0 Å². The quantitative estimate of drug-likeness (QED) is 0.847. The van der Waals surface area contributed by atoms with E-state index < -0.39 is 5.67 Å². The van der Waals surface area contributed by atoms with Crippen LogP contribution in [0.2, 0.25) is 0 Å². The van der Waals surface area contributed by atoms with Gasteiger partial charge in [0.1, 0.15) is 11.4 Å². The third-order valence-corrected chi connectivity index (χ3v) is 4.33. The zero-order chi connectivity index (χ0) is 16.4. The van der Waals surface area contributed by atoms with Crippen LogP contribution in [0.4, 0.5) is 14.6 Å². The first-order valence-electron chi connectivity index (χ1n) is 7.72. The molecule has 0 spiro atoms. The summed E-state index contributed by atoms with van der Waals surface area (Å²) in [6.45, 7) is 2.56. The van der Waals surface area contributed by atoms with E-state index >= 15 is 0 Å². The summed E-state index contributed by atoms with van der Waals surface area (Å²) >= 11 is 0. The molecule has 1 saturated heterocycles. The van der Waals surface area contributed by atoms with Crippen molar-refractivity contribution in [2.24, 2.45) is 0 Å². The van der Waals surface area contributed by atoms with Crippen LogP contribution in [0, 0.1) is 5.82 Å². The number of alkyl halides is 1. The molecule has 0 atom stereocenters. The molecule has 3 rings (SSSR count). The van der Waals surface area contributed by atoms with E-state index in [-0.39, 0.29) is 5.82 Å². The lowest BCUT2D eigenvalue weighted by Gasteiger charge is -2.35. The SMILES string of the molecule is COc1cccc(-c2cnc(N3CCC(C)(F)CC3)c(F)c2)c1. The van der Waals surface area contributed by atoms with Crippen molar-refractivity contribution in [1.82, 2.24) is 4.98 Å². The van der Waals surface area contributed by atoms with Gasteiger partial charge in [-0.05, 0) is 43.5 Å². The van der Waals surface area contributed by atoms with Crippen LogP contribution in [-0.4, -0.2) is 30.9 Å². The van der Waals surface area contributed by atoms with Crippen LogP contribution in [0.5, 0.6) is 5.75 Å². The first-order chi connectivity index (χ1) is 11.0. The lowest BCUT2D eigenvalue weighted by Crippen LogP contribution is -2.40. The summed E-state index contributed by atoms with van der Waals surface area (Å²) in [6.07, 6.45) is 2.44. The van der Waals surface area contributed by atoms with Crippen molar-refractivity contribution in [2.45, 2.75) is 25.4 Å². The molecule has 0 amide bonds. The average molecular weight is 318 g/mol. The van der Waals surface area contributed by atoms with Crippen LogP contribution in [-0.2, 0) is 0 Å². The Labute approximate surface area is 134 Å². The second-order valence-corrected chi connectivity index (χ2v) is 6.16. The van der Waals surface area contributed by atoms with Crippen molar-refractivity contribution in [3.63, 3.8) is 0 Å². The molecule has 0 aliphatic carbocycles. The number of piperidine rings is 1. The Morgan fingerprint density at radius 2 is 1.91 bits per heavy atom. The van der Waals surface area contributed by atoms with Crippen LogP contribution < -0.4 is 9.64 Å². The minimum atomic E-state index is -1.16. The van der Waals surface area contributed by atoms with Crippen LogP contribution in [0.3, 0.4) is 0 Å². The monoisotopic (exact) mass is 318 g/mol. The summed E-state index contributed by atoms with van der Waals surface area (Å²) in [4.78, 5) is 6.08. The summed E-state index contributed by atoms with van der Waals surface area (Å²) in [7, 11) is 1.59. The lowest BCUT2D eigenvalue weighted by atomic mass is 9.95. The number of hydrogen-bond donors (Lipinski definition) is 0. The Morgan fingerprint density at radius 3 is 2.57 bits per heavy atom. The van der Waals surface area contributed by atoms with E-state index in [1.54, 1.807) is 20.2 Å². The molecule has 1 aromatic carbocycles. The zero-order valence-corrected chi connectivity index (χ0v) is 13.4. The van der Waals surface area contributed by atoms with E-state index in [2.05, 4.69) is 4.98 Å². The molecule has 3 nitrogen and oxygen atoms in total. The molecule has 2 aromatic rings. The zero-order valence-electron chi connectivity index (χ0n) is 13.4. The van der Waals surface area contributed by atoms with Gasteiger partial charge in [0.25, 0.3) is 0 Å². The molecule has 0 N–H and O–H groups in total. The normalized spacial score (nSPS) is 17.1. The number of hydrogen-bond acceptors (Lipinski definition) is 3. The van der Waals surface area contributed by atoms with Gasteiger partial charge in [0.05, 0.1) is 7.11 Å². The second kappa shape index (κ2) is 6.14. The average Bonchev–Trinajstić information content (AvgIpc) is 2.55. The molecular formula is C18H20F2N2O. The van der Waals surface area contributed by atoms with Crippen molar-refractivity contribution < 1.29 is 13.5 Å². The van der Waals surface area contributed by atoms with Crippen molar-refractivity contribution in [3.8, 4) is 16.9 Å². The van der Waals surface area contributed by atoms with Gasteiger partial charge in [-0.15, -0.1) is 0 Å². The Balaban J connectivity index is 1.83. The third-order valence-electron chi connectivity index (χ3n) is 4.33. The number of benzene rings is 1. The molecule has 0 unspecified atom stereocenters. The smallest absolute Gasteiger partial charge is 0.166 e. The fourth-order valence-electron chi connectivity index (χ4n) is 2.81. The van der Waals surface area contributed by atoms with E-state index in [0.29, 0.717) is 43.1 Å². The molecule has 122 valence electrons. The maximum absolute atomic E-state index is 14.5. The Bertz CT molecular complexity index is 693. The number of halogens is 2. The first-order valence-corrected chi connectivity index (χ1v) is 7.72. The van der Waals surface area contributed by atoms with Gasteiger partial charge in [0, 0.05) is 24.8 Å². The molecule has 0 bridgehead atoms. The van der Waals surface area contributed by atoms with E-state index in [1.807, 2.05) is 29.2 Å². The summed E-state index contributed by atoms with van der Waals surface area (Å²) in [6, 6.07) is 8.88. The molecule has 1 aliphatic heterocycles. The van der Waals surface area contributed by atoms with Crippen LogP contribution in [0.1, 0.15) is 19.8 Å². The topological polar surface area (TPSA) is 25.4 Å². The van der Waals surface area contributed by atoms with Crippen molar-refractivity contribution in [2.75, 3.05) is 25.1 Å². The van der Waals surface area contributed by atoms with Gasteiger partial charge < -0.3 is 9.64 Å². The minimum Gasteiger partial charge on any atom is -0.497 e. The molecule has 1 aliphatic rings. The van der Waals surface area contributed by atoms with Gasteiger partial charge in [0.15, 0.2) is 11.6 Å². The third kappa shape index (κ3) is 3.44. The van der Waals surface area contributed by atoms with Gasteiger partial charge in [0.2, 0.25) is 0 Å². The molecule has 0 radical (unpaired) electrons. The fraction of sp³-hybridized carbons (Fsp3) is 0.389. The Hall–Kier alpha value is -2.17. The lowest BCUT2D eigenvalue weighted by molar-refractivity contribution is 0.148. The largest absolute Gasteiger partial charge is 0.497 e. The fourth-order valence-corrected chi connectivity index (χ4v) is 2.81. The van der Waals surface area contributed by atoms with Crippen LogP contribution in [0.15, 0.2) is 36.5 Å². The van der Waals surface area contributed by atoms with Crippen molar-refractivity contribution in [3.05, 3.63) is 42.3 Å². The highest BCUT2D eigenvalue weighted by molar-refractivity contribution is 5.65. The molecule has 5 heteroatoms. The van der Waals surface area contributed by atoms with E-state index in [4.69, 9.17) is 4.74 Å².